The van der Waals surface area contributed by atoms with E-state index in [0.29, 0.717) is 22.3 Å². The molecule has 15 heavy (non-hydrogen) atoms. The minimum Gasteiger partial charge on any atom is -0.401 e. The number of pyridine rings is 1. The molecule has 1 aliphatic rings. The first-order valence-electron chi connectivity index (χ1n) is 4.85. The van der Waals surface area contributed by atoms with Crippen LogP contribution in [-0.2, 0) is 0 Å². The topological polar surface area (TPSA) is 62.8 Å². The van der Waals surface area contributed by atoms with E-state index in [-0.39, 0.29) is 0 Å². The Balaban J connectivity index is 2.42. The summed E-state index contributed by atoms with van der Waals surface area (Å²) in [5.74, 6) is 0.433. The lowest BCUT2D eigenvalue weighted by Crippen LogP contribution is -2.06. The summed E-state index contributed by atoms with van der Waals surface area (Å²) in [5.41, 5.74) is 8.10. The Labute approximate surface area is 93.5 Å². The van der Waals surface area contributed by atoms with E-state index in [9.17, 15) is 0 Å². The van der Waals surface area contributed by atoms with Gasteiger partial charge in [-0.1, -0.05) is 17.7 Å². The zero-order valence-electron chi connectivity index (χ0n) is 8.20. The molecule has 1 saturated carbocycles. The van der Waals surface area contributed by atoms with Crippen molar-refractivity contribution in [2.24, 2.45) is 11.7 Å². The van der Waals surface area contributed by atoms with E-state index in [2.05, 4.69) is 4.98 Å². The molecule has 1 heterocycles. The van der Waals surface area contributed by atoms with Gasteiger partial charge in [0.15, 0.2) is 0 Å². The molecule has 1 aromatic rings. The number of rotatable bonds is 3. The van der Waals surface area contributed by atoms with Gasteiger partial charge in [0.1, 0.15) is 5.15 Å². The molecule has 0 saturated heterocycles. The third-order valence-corrected chi connectivity index (χ3v) is 2.67. The molecule has 3 nitrogen and oxygen atoms in total. The molecular weight excluding hydrogens is 210 g/mol. The Morgan fingerprint density at radius 3 is 2.80 bits per heavy atom. The molecule has 2 rings (SSSR count). The fourth-order valence-electron chi connectivity index (χ4n) is 1.48. The van der Waals surface area contributed by atoms with Crippen LogP contribution in [0.2, 0.25) is 5.15 Å². The lowest BCUT2D eigenvalue weighted by Gasteiger charge is -2.06. The van der Waals surface area contributed by atoms with Crippen molar-refractivity contribution in [3.05, 3.63) is 34.7 Å². The second kappa shape index (κ2) is 4.03. The first kappa shape index (κ1) is 10.2. The standard InChI is InChI=1S/C11H12ClN3/c12-10-3-1-2-9(15-10)8(6-13)11(14)7-4-5-7/h1-3,6-7,13H,4-5,14H2. The lowest BCUT2D eigenvalue weighted by molar-refractivity contribution is 0.986. The minimum atomic E-state index is 0.426. The van der Waals surface area contributed by atoms with E-state index in [1.807, 2.05) is 12.1 Å². The maximum atomic E-state index is 7.37. The van der Waals surface area contributed by atoms with Crippen molar-refractivity contribution in [2.75, 3.05) is 0 Å². The van der Waals surface area contributed by atoms with Gasteiger partial charge < -0.3 is 11.1 Å². The van der Waals surface area contributed by atoms with Crippen molar-refractivity contribution in [3.8, 4) is 0 Å². The molecule has 3 N–H and O–H groups in total. The zero-order chi connectivity index (χ0) is 10.8. The Morgan fingerprint density at radius 2 is 2.27 bits per heavy atom. The molecule has 1 aromatic heterocycles. The maximum absolute atomic E-state index is 7.37. The van der Waals surface area contributed by atoms with Crippen LogP contribution < -0.4 is 5.73 Å². The largest absolute Gasteiger partial charge is 0.401 e. The molecule has 4 heteroatoms. The molecule has 1 fully saturated rings. The monoisotopic (exact) mass is 221 g/mol. The number of aromatic nitrogens is 1. The molecule has 0 amide bonds. The van der Waals surface area contributed by atoms with Crippen molar-refractivity contribution in [3.63, 3.8) is 0 Å². The first-order valence-corrected chi connectivity index (χ1v) is 5.23. The minimum absolute atomic E-state index is 0.426. The number of nitrogens with one attached hydrogen (secondary N) is 1. The van der Waals surface area contributed by atoms with Gasteiger partial charge >= 0.3 is 0 Å². The van der Waals surface area contributed by atoms with Gasteiger partial charge in [0.05, 0.1) is 5.69 Å². The van der Waals surface area contributed by atoms with Crippen LogP contribution in [-0.4, -0.2) is 11.2 Å². The van der Waals surface area contributed by atoms with Crippen molar-refractivity contribution in [1.82, 2.24) is 4.98 Å². The highest BCUT2D eigenvalue weighted by atomic mass is 35.5. The number of halogens is 1. The van der Waals surface area contributed by atoms with Gasteiger partial charge in [0.25, 0.3) is 0 Å². The molecule has 78 valence electrons. The van der Waals surface area contributed by atoms with Gasteiger partial charge in [0.2, 0.25) is 0 Å². The maximum Gasteiger partial charge on any atom is 0.129 e. The molecule has 0 radical (unpaired) electrons. The summed E-state index contributed by atoms with van der Waals surface area (Å²) in [5, 5.41) is 7.80. The summed E-state index contributed by atoms with van der Waals surface area (Å²) in [6.07, 6.45) is 3.49. The summed E-state index contributed by atoms with van der Waals surface area (Å²) >= 11 is 5.80. The van der Waals surface area contributed by atoms with E-state index in [1.54, 1.807) is 6.07 Å². The predicted octanol–water partition coefficient (Wildman–Crippen LogP) is 2.46. The van der Waals surface area contributed by atoms with Crippen LogP contribution in [0.5, 0.6) is 0 Å². The number of nitrogens with two attached hydrogens (primary N) is 1. The quantitative estimate of drug-likeness (QED) is 0.609. The number of hydrogen-bond donors (Lipinski definition) is 2. The Kier molecular flexibility index (Phi) is 2.73. The van der Waals surface area contributed by atoms with Crippen molar-refractivity contribution >= 4 is 23.4 Å². The zero-order valence-corrected chi connectivity index (χ0v) is 8.96. The predicted molar refractivity (Wildman–Crippen MR) is 61.9 cm³/mol. The number of allylic oxidation sites excluding steroid dienone is 2. The molecular formula is C11H12ClN3. The molecule has 0 aliphatic heterocycles. The number of nitrogens with zero attached hydrogens (tertiary/aromatic N) is 1. The second-order valence-electron chi connectivity index (χ2n) is 3.63. The normalized spacial score (nSPS) is 17.1. The summed E-state index contributed by atoms with van der Waals surface area (Å²) in [7, 11) is 0. The summed E-state index contributed by atoms with van der Waals surface area (Å²) < 4.78 is 0. The summed E-state index contributed by atoms with van der Waals surface area (Å²) in [6, 6.07) is 5.34. The average Bonchev–Trinajstić information content (AvgIpc) is 3.02. The first-order chi connectivity index (χ1) is 7.22. The third kappa shape index (κ3) is 2.18. The Hall–Kier alpha value is -1.35. The van der Waals surface area contributed by atoms with Gasteiger partial charge in [-0.3, -0.25) is 0 Å². The van der Waals surface area contributed by atoms with Gasteiger partial charge in [-0.25, -0.2) is 4.98 Å². The average molecular weight is 222 g/mol. The van der Waals surface area contributed by atoms with Gasteiger partial charge in [-0.05, 0) is 30.9 Å². The van der Waals surface area contributed by atoms with E-state index >= 15 is 0 Å². The molecule has 0 unspecified atom stereocenters. The van der Waals surface area contributed by atoms with Crippen LogP contribution in [0.15, 0.2) is 23.9 Å². The van der Waals surface area contributed by atoms with Gasteiger partial charge in [-0.15, -0.1) is 0 Å². The Bertz CT molecular complexity index is 422. The highest BCUT2D eigenvalue weighted by Crippen LogP contribution is 2.36. The van der Waals surface area contributed by atoms with Crippen molar-refractivity contribution < 1.29 is 0 Å². The highest BCUT2D eigenvalue weighted by Gasteiger charge is 2.26. The van der Waals surface area contributed by atoms with E-state index < -0.39 is 0 Å². The molecule has 1 aliphatic carbocycles. The van der Waals surface area contributed by atoms with Crippen LogP contribution in [0.1, 0.15) is 18.5 Å². The van der Waals surface area contributed by atoms with E-state index in [0.717, 1.165) is 18.5 Å². The molecule has 0 aromatic carbocycles. The molecule has 0 atom stereocenters. The summed E-state index contributed by atoms with van der Waals surface area (Å²) in [6.45, 7) is 0. The Morgan fingerprint density at radius 1 is 1.53 bits per heavy atom. The van der Waals surface area contributed by atoms with Crippen LogP contribution in [0.4, 0.5) is 0 Å². The third-order valence-electron chi connectivity index (χ3n) is 2.46. The molecule has 0 bridgehead atoms. The smallest absolute Gasteiger partial charge is 0.129 e. The van der Waals surface area contributed by atoms with Gasteiger partial charge in [-0.2, -0.15) is 0 Å². The molecule has 0 spiro atoms. The fourth-order valence-corrected chi connectivity index (χ4v) is 1.64. The van der Waals surface area contributed by atoms with E-state index in [1.165, 1.54) is 6.21 Å². The highest BCUT2D eigenvalue weighted by molar-refractivity contribution is 6.29. The van der Waals surface area contributed by atoms with Crippen molar-refractivity contribution in [2.45, 2.75) is 12.8 Å². The SMILES string of the molecule is N=CC(=C(N)C1CC1)c1cccc(Cl)n1. The van der Waals surface area contributed by atoms with Gasteiger partial charge in [0, 0.05) is 17.5 Å². The van der Waals surface area contributed by atoms with E-state index in [4.69, 9.17) is 22.7 Å². The van der Waals surface area contributed by atoms with Crippen LogP contribution in [0, 0.1) is 11.3 Å². The number of hydrogen-bond acceptors (Lipinski definition) is 3. The van der Waals surface area contributed by atoms with Crippen LogP contribution in [0.3, 0.4) is 0 Å². The van der Waals surface area contributed by atoms with Crippen LogP contribution in [0.25, 0.3) is 5.57 Å². The van der Waals surface area contributed by atoms with Crippen molar-refractivity contribution in [1.29, 1.82) is 5.41 Å². The fraction of sp³-hybridized carbons (Fsp3) is 0.273. The second-order valence-corrected chi connectivity index (χ2v) is 4.02. The summed E-state index contributed by atoms with van der Waals surface area (Å²) in [4.78, 5) is 4.15. The van der Waals surface area contributed by atoms with Crippen LogP contribution >= 0.6 is 11.6 Å². The lowest BCUT2D eigenvalue weighted by atomic mass is 10.1.